The van der Waals surface area contributed by atoms with Crippen LogP contribution in [0.3, 0.4) is 0 Å². The predicted octanol–water partition coefficient (Wildman–Crippen LogP) is 2.11. The van der Waals surface area contributed by atoms with Crippen LogP contribution in [0.4, 0.5) is 0 Å². The lowest BCUT2D eigenvalue weighted by Gasteiger charge is -2.01. The van der Waals surface area contributed by atoms with E-state index in [1.165, 1.54) is 12.8 Å². The quantitative estimate of drug-likeness (QED) is 0.446. The van der Waals surface area contributed by atoms with Crippen molar-refractivity contribution in [3.8, 4) is 0 Å². The third kappa shape index (κ3) is 5.57. The van der Waals surface area contributed by atoms with E-state index in [2.05, 4.69) is 13.5 Å². The summed E-state index contributed by atoms with van der Waals surface area (Å²) in [6, 6.07) is 0. The zero-order chi connectivity index (χ0) is 7.11. The topological polar surface area (TPSA) is 20.2 Å². The fourth-order valence-corrected chi connectivity index (χ4v) is 0.721. The van der Waals surface area contributed by atoms with Crippen LogP contribution in [0.15, 0.2) is 12.7 Å². The van der Waals surface area contributed by atoms with Crippen LogP contribution in [0.1, 0.15) is 32.6 Å². The third-order valence-electron chi connectivity index (χ3n) is 1.38. The van der Waals surface area contributed by atoms with Crippen LogP contribution in [0.5, 0.6) is 0 Å². The molecule has 0 aromatic carbocycles. The summed E-state index contributed by atoms with van der Waals surface area (Å²) in [7, 11) is 0. The summed E-state index contributed by atoms with van der Waals surface area (Å²) in [4.78, 5) is 0. The number of hydrogen-bond donors (Lipinski definition) is 1. The SMILES string of the molecule is C=CC(O)[14CH2]CCCC. The average molecular weight is 130 g/mol. The van der Waals surface area contributed by atoms with Crippen molar-refractivity contribution in [2.24, 2.45) is 0 Å². The summed E-state index contributed by atoms with van der Waals surface area (Å²) in [6.45, 7) is 5.64. The molecule has 0 saturated carbocycles. The van der Waals surface area contributed by atoms with Gasteiger partial charge in [-0.05, 0) is 6.42 Å². The first-order valence-corrected chi connectivity index (χ1v) is 3.62. The Kier molecular flexibility index (Phi) is 5.64. The van der Waals surface area contributed by atoms with Crippen LogP contribution < -0.4 is 0 Å². The van der Waals surface area contributed by atoms with Crippen LogP contribution in [-0.4, -0.2) is 11.2 Å². The third-order valence-corrected chi connectivity index (χ3v) is 1.38. The first kappa shape index (κ1) is 8.70. The highest BCUT2D eigenvalue weighted by Crippen LogP contribution is 2.02. The van der Waals surface area contributed by atoms with Gasteiger partial charge in [0, 0.05) is 0 Å². The van der Waals surface area contributed by atoms with Crippen LogP contribution in [0.25, 0.3) is 0 Å². The molecule has 9 heavy (non-hydrogen) atoms. The van der Waals surface area contributed by atoms with E-state index in [4.69, 9.17) is 5.11 Å². The molecule has 0 spiro atoms. The summed E-state index contributed by atoms with van der Waals surface area (Å²) in [5.74, 6) is 0. The largest absolute Gasteiger partial charge is 0.389 e. The highest BCUT2D eigenvalue weighted by Gasteiger charge is 1.94. The molecule has 0 heterocycles. The molecule has 0 aliphatic heterocycles. The molecule has 54 valence electrons. The van der Waals surface area contributed by atoms with Gasteiger partial charge in [-0.15, -0.1) is 6.58 Å². The Labute approximate surface area is 57.4 Å². The molecule has 0 rings (SSSR count). The van der Waals surface area contributed by atoms with Crippen molar-refractivity contribution in [1.29, 1.82) is 0 Å². The van der Waals surface area contributed by atoms with Crippen LogP contribution >= 0.6 is 0 Å². The molecule has 1 atom stereocenters. The number of aliphatic hydroxyl groups is 1. The fourth-order valence-electron chi connectivity index (χ4n) is 0.721. The Bertz CT molecular complexity index is 69.0. The number of aliphatic hydroxyl groups excluding tert-OH is 1. The minimum Gasteiger partial charge on any atom is -0.389 e. The lowest BCUT2D eigenvalue weighted by molar-refractivity contribution is 0.208. The van der Waals surface area contributed by atoms with Gasteiger partial charge < -0.3 is 5.11 Å². The van der Waals surface area contributed by atoms with E-state index < -0.39 is 0 Å². The molecule has 0 saturated heterocycles. The van der Waals surface area contributed by atoms with Crippen molar-refractivity contribution < 1.29 is 5.11 Å². The molecule has 1 N–H and O–H groups in total. The molecular formula is C8H16O. The van der Waals surface area contributed by atoms with Gasteiger partial charge >= 0.3 is 0 Å². The second-order valence-electron chi connectivity index (χ2n) is 2.30. The minimum absolute atomic E-state index is 0.281. The van der Waals surface area contributed by atoms with Gasteiger partial charge in [-0.25, -0.2) is 0 Å². The van der Waals surface area contributed by atoms with E-state index in [0.29, 0.717) is 0 Å². The molecule has 0 aliphatic carbocycles. The second kappa shape index (κ2) is 5.83. The second-order valence-corrected chi connectivity index (χ2v) is 2.30. The highest BCUT2D eigenvalue weighted by molar-refractivity contribution is 4.77. The zero-order valence-electron chi connectivity index (χ0n) is 6.14. The van der Waals surface area contributed by atoms with E-state index in [-0.39, 0.29) is 6.10 Å². The molecule has 1 nitrogen and oxygen atoms in total. The van der Waals surface area contributed by atoms with Gasteiger partial charge in [0.05, 0.1) is 6.10 Å². The Morgan fingerprint density at radius 1 is 1.78 bits per heavy atom. The van der Waals surface area contributed by atoms with E-state index in [1.807, 2.05) is 0 Å². The van der Waals surface area contributed by atoms with Gasteiger partial charge in [-0.2, -0.15) is 0 Å². The minimum atomic E-state index is -0.281. The summed E-state index contributed by atoms with van der Waals surface area (Å²) >= 11 is 0. The highest BCUT2D eigenvalue weighted by atomic mass is 16.3. The standard InChI is InChI=1S/C8H16O/c1-3-5-6-7-8(9)4-2/h4,8-9H,2-3,5-7H2,1H3/i7+2. The Balaban J connectivity index is 2.96. The lowest BCUT2D eigenvalue weighted by Crippen LogP contribution is -1.99. The Morgan fingerprint density at radius 2 is 2.44 bits per heavy atom. The number of rotatable bonds is 5. The van der Waals surface area contributed by atoms with Crippen molar-refractivity contribution in [2.75, 3.05) is 0 Å². The zero-order valence-corrected chi connectivity index (χ0v) is 6.14. The van der Waals surface area contributed by atoms with E-state index >= 15 is 0 Å². The van der Waals surface area contributed by atoms with Gasteiger partial charge in [0.2, 0.25) is 0 Å². The molecule has 0 aliphatic rings. The molecule has 0 radical (unpaired) electrons. The summed E-state index contributed by atoms with van der Waals surface area (Å²) in [5.41, 5.74) is 0. The van der Waals surface area contributed by atoms with Crippen LogP contribution in [0, 0.1) is 0 Å². The van der Waals surface area contributed by atoms with Crippen molar-refractivity contribution in [3.05, 3.63) is 12.7 Å². The first-order chi connectivity index (χ1) is 4.31. The van der Waals surface area contributed by atoms with Crippen LogP contribution in [-0.2, 0) is 0 Å². The van der Waals surface area contributed by atoms with Crippen molar-refractivity contribution in [1.82, 2.24) is 0 Å². The molecule has 1 unspecified atom stereocenters. The molecule has 0 fully saturated rings. The molecule has 0 amide bonds. The molecule has 0 aromatic rings. The smallest absolute Gasteiger partial charge is 0.0718 e. The summed E-state index contributed by atoms with van der Waals surface area (Å²) in [6.07, 6.45) is 5.72. The van der Waals surface area contributed by atoms with Crippen molar-refractivity contribution in [2.45, 2.75) is 38.7 Å². The van der Waals surface area contributed by atoms with Crippen molar-refractivity contribution >= 4 is 0 Å². The van der Waals surface area contributed by atoms with Gasteiger partial charge in [-0.1, -0.05) is 32.3 Å². The Morgan fingerprint density at radius 3 is 2.89 bits per heavy atom. The lowest BCUT2D eigenvalue weighted by atomic mass is 10.3. The fraction of sp³-hybridized carbons (Fsp3) is 0.750. The van der Waals surface area contributed by atoms with Crippen molar-refractivity contribution in [3.63, 3.8) is 0 Å². The maximum atomic E-state index is 8.97. The maximum absolute atomic E-state index is 8.97. The van der Waals surface area contributed by atoms with E-state index in [0.717, 1.165) is 12.8 Å². The Hall–Kier alpha value is -0.300. The summed E-state index contributed by atoms with van der Waals surface area (Å²) in [5, 5.41) is 8.97. The van der Waals surface area contributed by atoms with Gasteiger partial charge in [0.25, 0.3) is 0 Å². The monoisotopic (exact) mass is 130 g/mol. The van der Waals surface area contributed by atoms with E-state index in [9.17, 15) is 0 Å². The number of unbranched alkanes of at least 4 members (excludes halogenated alkanes) is 2. The molecule has 0 aromatic heterocycles. The van der Waals surface area contributed by atoms with Gasteiger partial charge in [-0.3, -0.25) is 0 Å². The number of hydrogen-bond acceptors (Lipinski definition) is 1. The first-order valence-electron chi connectivity index (χ1n) is 3.62. The van der Waals surface area contributed by atoms with E-state index in [1.54, 1.807) is 6.08 Å². The maximum Gasteiger partial charge on any atom is 0.0718 e. The predicted molar refractivity (Wildman–Crippen MR) is 40.3 cm³/mol. The summed E-state index contributed by atoms with van der Waals surface area (Å²) < 4.78 is 0. The van der Waals surface area contributed by atoms with Gasteiger partial charge in [0.1, 0.15) is 0 Å². The molecule has 0 bridgehead atoms. The average Bonchev–Trinajstić information content (AvgIpc) is 1.89. The normalized spacial score (nSPS) is 13.1. The molecular weight excluding hydrogens is 114 g/mol. The molecule has 1 heteroatoms. The van der Waals surface area contributed by atoms with Gasteiger partial charge in [0.15, 0.2) is 0 Å². The van der Waals surface area contributed by atoms with Crippen LogP contribution in [0.2, 0.25) is 0 Å².